The molecule has 0 bridgehead atoms. The minimum atomic E-state index is -3.13. The number of sulfonamides is 1. The van der Waals surface area contributed by atoms with E-state index in [2.05, 4.69) is 0 Å². The summed E-state index contributed by atoms with van der Waals surface area (Å²) >= 11 is 0. The summed E-state index contributed by atoms with van der Waals surface area (Å²) in [6.45, 7) is 2.53. The highest BCUT2D eigenvalue weighted by Gasteiger charge is 2.32. The molecule has 0 unspecified atom stereocenters. The van der Waals surface area contributed by atoms with E-state index in [4.69, 9.17) is 5.11 Å². The fraction of sp³-hybridized carbons (Fsp3) is 0.923. The van der Waals surface area contributed by atoms with Crippen LogP contribution in [0.25, 0.3) is 0 Å². The van der Waals surface area contributed by atoms with Crippen molar-refractivity contribution in [1.82, 2.24) is 9.21 Å². The van der Waals surface area contributed by atoms with Gasteiger partial charge in [0, 0.05) is 38.7 Å². The topological polar surface area (TPSA) is 77.9 Å². The number of amides is 1. The van der Waals surface area contributed by atoms with Gasteiger partial charge in [-0.15, -0.1) is 0 Å². The zero-order chi connectivity index (χ0) is 14.8. The average Bonchev–Trinajstić information content (AvgIpc) is 2.46. The SMILES string of the molecule is CS(=O)(=O)N1CCC(C(=O)N2CCC(CO)CC2)CC1. The van der Waals surface area contributed by atoms with E-state index in [0.717, 1.165) is 25.9 Å². The molecule has 2 saturated heterocycles. The predicted molar refractivity (Wildman–Crippen MR) is 75.5 cm³/mol. The standard InChI is InChI=1S/C13H24N2O4S/c1-20(18,19)15-8-4-12(5-9-15)13(17)14-6-2-11(10-16)3-7-14/h11-12,16H,2-10H2,1H3. The molecular weight excluding hydrogens is 280 g/mol. The van der Waals surface area contributed by atoms with Gasteiger partial charge in [0.15, 0.2) is 0 Å². The van der Waals surface area contributed by atoms with Crippen LogP contribution in [0.1, 0.15) is 25.7 Å². The normalized spacial score (nSPS) is 24.0. The summed E-state index contributed by atoms with van der Waals surface area (Å²) in [6, 6.07) is 0. The highest BCUT2D eigenvalue weighted by Crippen LogP contribution is 2.24. The predicted octanol–water partition coefficient (Wildman–Crippen LogP) is -0.111. The molecule has 1 N–H and O–H groups in total. The summed E-state index contributed by atoms with van der Waals surface area (Å²) in [5.41, 5.74) is 0. The van der Waals surface area contributed by atoms with Crippen LogP contribution in [0.4, 0.5) is 0 Å². The van der Waals surface area contributed by atoms with Crippen LogP contribution in [0.15, 0.2) is 0 Å². The van der Waals surface area contributed by atoms with Gasteiger partial charge in [-0.1, -0.05) is 0 Å². The van der Waals surface area contributed by atoms with E-state index in [0.29, 0.717) is 31.8 Å². The van der Waals surface area contributed by atoms with E-state index >= 15 is 0 Å². The van der Waals surface area contributed by atoms with E-state index in [1.54, 1.807) is 0 Å². The molecular formula is C13H24N2O4S. The number of carbonyl (C=O) groups excluding carboxylic acids is 1. The number of aliphatic hydroxyl groups excluding tert-OH is 1. The number of carbonyl (C=O) groups is 1. The van der Waals surface area contributed by atoms with Gasteiger partial charge in [0.25, 0.3) is 0 Å². The Bertz CT molecular complexity index is 435. The molecule has 7 heteroatoms. The Labute approximate surface area is 120 Å². The first kappa shape index (κ1) is 15.7. The van der Waals surface area contributed by atoms with E-state index in [1.807, 2.05) is 4.90 Å². The quantitative estimate of drug-likeness (QED) is 0.789. The third-order valence-electron chi connectivity index (χ3n) is 4.46. The van der Waals surface area contributed by atoms with Gasteiger partial charge in [-0.05, 0) is 31.6 Å². The van der Waals surface area contributed by atoms with Crippen LogP contribution in [-0.2, 0) is 14.8 Å². The van der Waals surface area contributed by atoms with Crippen LogP contribution in [0.2, 0.25) is 0 Å². The molecule has 0 aliphatic carbocycles. The summed E-state index contributed by atoms with van der Waals surface area (Å²) in [6.07, 6.45) is 4.18. The summed E-state index contributed by atoms with van der Waals surface area (Å²) in [7, 11) is -3.13. The van der Waals surface area contributed by atoms with Gasteiger partial charge in [0.1, 0.15) is 0 Å². The first-order chi connectivity index (χ1) is 9.41. The highest BCUT2D eigenvalue weighted by atomic mass is 32.2. The third-order valence-corrected chi connectivity index (χ3v) is 5.76. The molecule has 0 aromatic carbocycles. The van der Waals surface area contributed by atoms with Crippen LogP contribution >= 0.6 is 0 Å². The molecule has 20 heavy (non-hydrogen) atoms. The molecule has 0 saturated carbocycles. The van der Waals surface area contributed by atoms with Gasteiger partial charge in [-0.3, -0.25) is 4.79 Å². The van der Waals surface area contributed by atoms with Crippen LogP contribution in [-0.4, -0.2) is 67.7 Å². The van der Waals surface area contributed by atoms with Crippen LogP contribution < -0.4 is 0 Å². The van der Waals surface area contributed by atoms with E-state index < -0.39 is 10.0 Å². The van der Waals surface area contributed by atoms with Crippen molar-refractivity contribution in [2.75, 3.05) is 39.0 Å². The first-order valence-corrected chi connectivity index (χ1v) is 9.11. The molecule has 0 atom stereocenters. The maximum Gasteiger partial charge on any atom is 0.225 e. The zero-order valence-electron chi connectivity index (χ0n) is 12.0. The highest BCUT2D eigenvalue weighted by molar-refractivity contribution is 7.88. The molecule has 2 heterocycles. The molecule has 0 radical (unpaired) electrons. The molecule has 2 aliphatic heterocycles. The maximum atomic E-state index is 12.4. The Hall–Kier alpha value is -0.660. The fourth-order valence-electron chi connectivity index (χ4n) is 3.03. The number of likely N-dealkylation sites (tertiary alicyclic amines) is 1. The molecule has 0 aromatic rings. The molecule has 2 rings (SSSR count). The zero-order valence-corrected chi connectivity index (χ0v) is 12.8. The number of hydrogen-bond donors (Lipinski definition) is 1. The summed E-state index contributed by atoms with van der Waals surface area (Å²) < 4.78 is 24.3. The Morgan fingerprint density at radius 2 is 1.65 bits per heavy atom. The molecule has 2 aliphatic rings. The first-order valence-electron chi connectivity index (χ1n) is 7.26. The lowest BCUT2D eigenvalue weighted by Gasteiger charge is -2.36. The number of aliphatic hydroxyl groups is 1. The molecule has 0 spiro atoms. The lowest BCUT2D eigenvalue weighted by Crippen LogP contribution is -2.46. The van der Waals surface area contributed by atoms with Crippen molar-refractivity contribution < 1.29 is 18.3 Å². The largest absolute Gasteiger partial charge is 0.396 e. The Balaban J connectivity index is 1.83. The van der Waals surface area contributed by atoms with Crippen LogP contribution in [0.5, 0.6) is 0 Å². The average molecular weight is 304 g/mol. The maximum absolute atomic E-state index is 12.4. The fourth-order valence-corrected chi connectivity index (χ4v) is 3.90. The van der Waals surface area contributed by atoms with Gasteiger partial charge >= 0.3 is 0 Å². The Morgan fingerprint density at radius 3 is 2.10 bits per heavy atom. The molecule has 116 valence electrons. The van der Waals surface area contributed by atoms with Crippen molar-refractivity contribution in [2.24, 2.45) is 11.8 Å². The lowest BCUT2D eigenvalue weighted by atomic mass is 9.93. The Kier molecular flexibility index (Phi) is 5.04. The second kappa shape index (κ2) is 6.41. The van der Waals surface area contributed by atoms with E-state index in [-0.39, 0.29) is 18.4 Å². The second-order valence-electron chi connectivity index (χ2n) is 5.89. The van der Waals surface area contributed by atoms with Crippen molar-refractivity contribution in [3.05, 3.63) is 0 Å². The van der Waals surface area contributed by atoms with Gasteiger partial charge < -0.3 is 10.0 Å². The minimum absolute atomic E-state index is 0.0429. The number of hydrogen-bond acceptors (Lipinski definition) is 4. The third kappa shape index (κ3) is 3.71. The molecule has 1 amide bonds. The van der Waals surface area contributed by atoms with Crippen LogP contribution in [0.3, 0.4) is 0 Å². The lowest BCUT2D eigenvalue weighted by molar-refractivity contribution is -0.138. The van der Waals surface area contributed by atoms with Crippen molar-refractivity contribution in [3.8, 4) is 0 Å². The number of nitrogens with zero attached hydrogens (tertiary/aromatic N) is 2. The monoisotopic (exact) mass is 304 g/mol. The summed E-state index contributed by atoms with van der Waals surface area (Å²) in [5.74, 6) is 0.444. The van der Waals surface area contributed by atoms with Crippen molar-refractivity contribution in [2.45, 2.75) is 25.7 Å². The van der Waals surface area contributed by atoms with Crippen molar-refractivity contribution in [1.29, 1.82) is 0 Å². The van der Waals surface area contributed by atoms with Gasteiger partial charge in [0.2, 0.25) is 15.9 Å². The van der Waals surface area contributed by atoms with Crippen LogP contribution in [0, 0.1) is 11.8 Å². The second-order valence-corrected chi connectivity index (χ2v) is 7.87. The van der Waals surface area contributed by atoms with Gasteiger partial charge in [0.05, 0.1) is 6.26 Å². The number of rotatable bonds is 3. The minimum Gasteiger partial charge on any atom is -0.396 e. The Morgan fingerprint density at radius 1 is 1.10 bits per heavy atom. The van der Waals surface area contributed by atoms with Crippen molar-refractivity contribution in [3.63, 3.8) is 0 Å². The summed E-state index contributed by atoms with van der Waals surface area (Å²) in [4.78, 5) is 14.3. The van der Waals surface area contributed by atoms with Gasteiger partial charge in [-0.25, -0.2) is 12.7 Å². The molecule has 6 nitrogen and oxygen atoms in total. The van der Waals surface area contributed by atoms with E-state index in [9.17, 15) is 13.2 Å². The number of piperidine rings is 2. The smallest absolute Gasteiger partial charge is 0.225 e. The molecule has 2 fully saturated rings. The van der Waals surface area contributed by atoms with E-state index in [1.165, 1.54) is 10.6 Å². The molecule has 0 aromatic heterocycles. The van der Waals surface area contributed by atoms with Crippen molar-refractivity contribution >= 4 is 15.9 Å². The van der Waals surface area contributed by atoms with Gasteiger partial charge in [-0.2, -0.15) is 0 Å². The summed E-state index contributed by atoms with van der Waals surface area (Å²) in [5, 5.41) is 9.10.